The molecule has 3 heteroatoms. The molecule has 0 radical (unpaired) electrons. The predicted octanol–water partition coefficient (Wildman–Crippen LogP) is 2.28. The Balaban J connectivity index is 4.06. The van der Waals surface area contributed by atoms with E-state index >= 15 is 0 Å². The minimum Gasteiger partial charge on any atom is -0.312 e. The first kappa shape index (κ1) is 17.9. The number of rotatable bonds is 9. The van der Waals surface area contributed by atoms with Crippen molar-refractivity contribution in [2.24, 2.45) is 5.41 Å². The summed E-state index contributed by atoms with van der Waals surface area (Å²) in [5.74, 6) is 0. The van der Waals surface area contributed by atoms with Crippen molar-refractivity contribution in [2.75, 3.05) is 47.3 Å². The van der Waals surface area contributed by atoms with Crippen LogP contribution >= 0.6 is 0 Å². The second-order valence-corrected chi connectivity index (χ2v) is 6.79. The van der Waals surface area contributed by atoms with Crippen LogP contribution < -0.4 is 5.32 Å². The van der Waals surface area contributed by atoms with Gasteiger partial charge in [0.15, 0.2) is 0 Å². The van der Waals surface area contributed by atoms with Gasteiger partial charge in [0.1, 0.15) is 0 Å². The Bertz CT molecular complexity index is 196. The van der Waals surface area contributed by atoms with Gasteiger partial charge in [0.25, 0.3) is 0 Å². The normalized spacial score (nSPS) is 14.5. The molecule has 0 aromatic carbocycles. The predicted molar refractivity (Wildman–Crippen MR) is 82.2 cm³/mol. The molecule has 0 heterocycles. The van der Waals surface area contributed by atoms with Crippen LogP contribution in [-0.4, -0.2) is 63.2 Å². The van der Waals surface area contributed by atoms with E-state index in [0.717, 1.165) is 13.1 Å². The molecule has 0 aliphatic rings. The van der Waals surface area contributed by atoms with Gasteiger partial charge < -0.3 is 15.1 Å². The van der Waals surface area contributed by atoms with Crippen LogP contribution in [0.1, 0.15) is 40.5 Å². The fourth-order valence-corrected chi connectivity index (χ4v) is 2.02. The minimum atomic E-state index is 0.324. The average Bonchev–Trinajstić information content (AvgIpc) is 2.22. The molecule has 0 amide bonds. The number of hydrogen-bond donors (Lipinski definition) is 1. The summed E-state index contributed by atoms with van der Waals surface area (Å²) in [4.78, 5) is 4.71. The summed E-state index contributed by atoms with van der Waals surface area (Å²) >= 11 is 0. The summed E-state index contributed by atoms with van der Waals surface area (Å²) in [6.07, 6.45) is 2.45. The van der Waals surface area contributed by atoms with E-state index in [9.17, 15) is 0 Å². The molecular formula is C15H35N3. The Morgan fingerprint density at radius 1 is 1.06 bits per heavy atom. The van der Waals surface area contributed by atoms with E-state index in [1.165, 1.54) is 25.9 Å². The van der Waals surface area contributed by atoms with Gasteiger partial charge in [-0.1, -0.05) is 27.7 Å². The monoisotopic (exact) mass is 257 g/mol. The van der Waals surface area contributed by atoms with Crippen LogP contribution in [0.2, 0.25) is 0 Å². The average molecular weight is 257 g/mol. The Morgan fingerprint density at radius 2 is 1.67 bits per heavy atom. The van der Waals surface area contributed by atoms with Crippen LogP contribution in [-0.2, 0) is 0 Å². The van der Waals surface area contributed by atoms with E-state index < -0.39 is 0 Å². The largest absolute Gasteiger partial charge is 0.312 e. The highest BCUT2D eigenvalue weighted by molar-refractivity contribution is 4.82. The number of hydrogen-bond acceptors (Lipinski definition) is 3. The highest BCUT2D eigenvalue weighted by Gasteiger charge is 2.24. The summed E-state index contributed by atoms with van der Waals surface area (Å²) in [5.41, 5.74) is 0.324. The van der Waals surface area contributed by atoms with Crippen LogP contribution in [0.25, 0.3) is 0 Å². The Kier molecular flexibility index (Phi) is 8.83. The minimum absolute atomic E-state index is 0.324. The lowest BCUT2D eigenvalue weighted by molar-refractivity contribution is 0.190. The van der Waals surface area contributed by atoms with Gasteiger partial charge in [-0.2, -0.15) is 0 Å². The van der Waals surface area contributed by atoms with Gasteiger partial charge in [0.05, 0.1) is 0 Å². The molecule has 0 aromatic rings. The van der Waals surface area contributed by atoms with Crippen LogP contribution in [0, 0.1) is 5.41 Å². The third kappa shape index (κ3) is 8.90. The second kappa shape index (κ2) is 8.89. The molecule has 0 rings (SSSR count). The molecule has 1 unspecified atom stereocenters. The highest BCUT2D eigenvalue weighted by Crippen LogP contribution is 2.20. The molecule has 1 atom stereocenters. The number of nitrogens with one attached hydrogen (secondary N) is 1. The van der Waals surface area contributed by atoms with E-state index in [1.807, 2.05) is 0 Å². The van der Waals surface area contributed by atoms with Crippen molar-refractivity contribution in [1.29, 1.82) is 0 Å². The first-order valence-corrected chi connectivity index (χ1v) is 7.34. The molecule has 0 aromatic heterocycles. The zero-order valence-corrected chi connectivity index (χ0v) is 13.7. The maximum Gasteiger partial charge on any atom is 0.0243 e. The molecule has 18 heavy (non-hydrogen) atoms. The molecule has 1 N–H and O–H groups in total. The van der Waals surface area contributed by atoms with Crippen molar-refractivity contribution in [3.8, 4) is 0 Å². The molecule has 0 bridgehead atoms. The summed E-state index contributed by atoms with van der Waals surface area (Å²) in [6, 6.07) is 0.571. The smallest absolute Gasteiger partial charge is 0.0243 e. The van der Waals surface area contributed by atoms with Gasteiger partial charge in [-0.15, -0.1) is 0 Å². The van der Waals surface area contributed by atoms with Crippen molar-refractivity contribution in [2.45, 2.75) is 46.6 Å². The van der Waals surface area contributed by atoms with E-state index in [2.05, 4.69) is 64.0 Å². The van der Waals surface area contributed by atoms with Gasteiger partial charge in [-0.05, 0) is 59.0 Å². The van der Waals surface area contributed by atoms with Crippen molar-refractivity contribution >= 4 is 0 Å². The van der Waals surface area contributed by atoms with E-state index in [-0.39, 0.29) is 0 Å². The topological polar surface area (TPSA) is 18.5 Å². The lowest BCUT2D eigenvalue weighted by Gasteiger charge is -2.35. The van der Waals surface area contributed by atoms with E-state index in [1.54, 1.807) is 0 Å². The molecule has 0 fully saturated rings. The highest BCUT2D eigenvalue weighted by atomic mass is 15.1. The SMILES string of the molecule is CCCNC(CN(C)CCCN(C)C)C(C)(C)C. The maximum absolute atomic E-state index is 3.69. The zero-order chi connectivity index (χ0) is 14.2. The van der Waals surface area contributed by atoms with Gasteiger partial charge in [-0.3, -0.25) is 0 Å². The van der Waals surface area contributed by atoms with Crippen molar-refractivity contribution < 1.29 is 0 Å². The van der Waals surface area contributed by atoms with Crippen LogP contribution in [0.15, 0.2) is 0 Å². The molecule has 110 valence electrons. The summed E-state index contributed by atoms with van der Waals surface area (Å²) in [6.45, 7) is 13.8. The molecule has 0 spiro atoms. The van der Waals surface area contributed by atoms with Gasteiger partial charge >= 0.3 is 0 Å². The molecule has 3 nitrogen and oxygen atoms in total. The summed E-state index contributed by atoms with van der Waals surface area (Å²) < 4.78 is 0. The van der Waals surface area contributed by atoms with E-state index in [4.69, 9.17) is 0 Å². The molecule has 0 saturated heterocycles. The Morgan fingerprint density at radius 3 is 2.11 bits per heavy atom. The molecule has 0 aliphatic carbocycles. The first-order valence-electron chi connectivity index (χ1n) is 7.34. The molecule has 0 saturated carbocycles. The fraction of sp³-hybridized carbons (Fsp3) is 1.00. The van der Waals surface area contributed by atoms with Crippen molar-refractivity contribution in [1.82, 2.24) is 15.1 Å². The first-order chi connectivity index (χ1) is 8.27. The van der Waals surface area contributed by atoms with Crippen LogP contribution in [0.3, 0.4) is 0 Å². The maximum atomic E-state index is 3.69. The molecular weight excluding hydrogens is 222 g/mol. The van der Waals surface area contributed by atoms with E-state index in [0.29, 0.717) is 11.5 Å². The second-order valence-electron chi connectivity index (χ2n) is 6.79. The molecule has 0 aliphatic heterocycles. The van der Waals surface area contributed by atoms with Crippen LogP contribution in [0.5, 0.6) is 0 Å². The summed E-state index contributed by atoms with van der Waals surface area (Å²) in [7, 11) is 6.52. The standard InChI is InChI=1S/C15H35N3/c1-8-10-16-14(15(2,3)4)13-18(7)12-9-11-17(5)6/h14,16H,8-13H2,1-7H3. The van der Waals surface area contributed by atoms with Gasteiger partial charge in [-0.25, -0.2) is 0 Å². The lowest BCUT2D eigenvalue weighted by Crippen LogP contribution is -2.48. The van der Waals surface area contributed by atoms with Crippen molar-refractivity contribution in [3.63, 3.8) is 0 Å². The number of likely N-dealkylation sites (N-methyl/N-ethyl adjacent to an activating group) is 1. The summed E-state index contributed by atoms with van der Waals surface area (Å²) in [5, 5.41) is 3.69. The van der Waals surface area contributed by atoms with Gasteiger partial charge in [0, 0.05) is 12.6 Å². The Hall–Kier alpha value is -0.120. The third-order valence-corrected chi connectivity index (χ3v) is 3.33. The lowest BCUT2D eigenvalue weighted by atomic mass is 9.86. The third-order valence-electron chi connectivity index (χ3n) is 3.33. The zero-order valence-electron chi connectivity index (χ0n) is 13.7. The fourth-order valence-electron chi connectivity index (χ4n) is 2.02. The van der Waals surface area contributed by atoms with Crippen molar-refractivity contribution in [3.05, 3.63) is 0 Å². The quantitative estimate of drug-likeness (QED) is 0.684. The Labute approximate surface area is 115 Å². The van der Waals surface area contributed by atoms with Crippen LogP contribution in [0.4, 0.5) is 0 Å². The number of nitrogens with zero attached hydrogens (tertiary/aromatic N) is 2. The van der Waals surface area contributed by atoms with Gasteiger partial charge in [0.2, 0.25) is 0 Å².